The van der Waals surface area contributed by atoms with Crippen LogP contribution in [0.5, 0.6) is 6.01 Å². The van der Waals surface area contributed by atoms with Crippen LogP contribution >= 0.6 is 0 Å². The van der Waals surface area contributed by atoms with Gasteiger partial charge in [0.25, 0.3) is 6.01 Å². The number of hydrogen-bond acceptors (Lipinski definition) is 6. The Morgan fingerprint density at radius 1 is 1.32 bits per heavy atom. The number of aromatic hydroxyl groups is 1. The van der Waals surface area contributed by atoms with E-state index in [0.29, 0.717) is 5.69 Å². The molecule has 7 heteroatoms. The fourth-order valence-corrected chi connectivity index (χ4v) is 1.59. The summed E-state index contributed by atoms with van der Waals surface area (Å²) in [7, 11) is 0. The van der Waals surface area contributed by atoms with Crippen molar-refractivity contribution in [2.24, 2.45) is 5.92 Å². The number of carbonyl (C=O) groups excluding carboxylic acids is 2. The number of rotatable bonds is 6. The molecule has 106 valence electrons. The molecule has 7 nitrogen and oxygen atoms in total. The van der Waals surface area contributed by atoms with E-state index in [1.54, 1.807) is 20.8 Å². The molecule has 0 aromatic carbocycles. The predicted molar refractivity (Wildman–Crippen MR) is 65.4 cm³/mol. The first kappa shape index (κ1) is 15.0. The van der Waals surface area contributed by atoms with Crippen LogP contribution in [-0.2, 0) is 25.6 Å². The van der Waals surface area contributed by atoms with Crippen LogP contribution in [0.25, 0.3) is 0 Å². The molecule has 1 heterocycles. The molecule has 0 spiro atoms. The fourth-order valence-electron chi connectivity index (χ4n) is 1.59. The van der Waals surface area contributed by atoms with Crippen LogP contribution in [0.15, 0.2) is 6.20 Å². The summed E-state index contributed by atoms with van der Waals surface area (Å²) in [5, 5.41) is 9.55. The van der Waals surface area contributed by atoms with E-state index >= 15 is 0 Å². The van der Waals surface area contributed by atoms with Gasteiger partial charge in [0.1, 0.15) is 0 Å². The van der Waals surface area contributed by atoms with Crippen LogP contribution in [0.4, 0.5) is 0 Å². The van der Waals surface area contributed by atoms with Crippen LogP contribution in [0, 0.1) is 12.8 Å². The first-order valence-electron chi connectivity index (χ1n) is 6.05. The van der Waals surface area contributed by atoms with E-state index in [9.17, 15) is 14.7 Å². The van der Waals surface area contributed by atoms with Gasteiger partial charge in [-0.05, 0) is 20.8 Å². The van der Waals surface area contributed by atoms with Crippen LogP contribution in [-0.4, -0.2) is 39.8 Å². The summed E-state index contributed by atoms with van der Waals surface area (Å²) in [5.41, 5.74) is 0.635. The van der Waals surface area contributed by atoms with Gasteiger partial charge >= 0.3 is 11.9 Å². The second kappa shape index (κ2) is 6.77. The Hall–Kier alpha value is -2.05. The van der Waals surface area contributed by atoms with Gasteiger partial charge in [-0.1, -0.05) is 0 Å². The van der Waals surface area contributed by atoms with Crippen LogP contribution < -0.4 is 0 Å². The summed E-state index contributed by atoms with van der Waals surface area (Å²) in [4.78, 5) is 27.2. The van der Waals surface area contributed by atoms with E-state index in [1.165, 1.54) is 10.8 Å². The SMILES string of the molecule is CCOC(=O)C(Cn1c(C)cnc1O)C(=O)OCC. The van der Waals surface area contributed by atoms with E-state index in [4.69, 9.17) is 9.47 Å². The molecule has 0 bridgehead atoms. The summed E-state index contributed by atoms with van der Waals surface area (Å²) >= 11 is 0. The second-order valence-corrected chi connectivity index (χ2v) is 3.87. The minimum atomic E-state index is -1.11. The van der Waals surface area contributed by atoms with Crippen molar-refractivity contribution >= 4 is 11.9 Å². The number of aryl methyl sites for hydroxylation is 1. The van der Waals surface area contributed by atoms with E-state index in [0.717, 1.165) is 0 Å². The van der Waals surface area contributed by atoms with Gasteiger partial charge in [-0.15, -0.1) is 0 Å². The van der Waals surface area contributed by atoms with E-state index in [2.05, 4.69) is 4.98 Å². The molecule has 0 atom stereocenters. The number of ether oxygens (including phenoxy) is 2. The maximum atomic E-state index is 11.8. The first-order valence-corrected chi connectivity index (χ1v) is 6.05. The van der Waals surface area contributed by atoms with Gasteiger partial charge in [-0.3, -0.25) is 14.2 Å². The molecule has 1 aromatic heterocycles. The summed E-state index contributed by atoms with van der Waals surface area (Å²) < 4.78 is 11.0. The van der Waals surface area contributed by atoms with E-state index in [-0.39, 0.29) is 25.8 Å². The summed E-state index contributed by atoms with van der Waals surface area (Å²) in [5.74, 6) is -2.46. The highest BCUT2D eigenvalue weighted by molar-refractivity contribution is 5.94. The number of esters is 2. The van der Waals surface area contributed by atoms with Crippen molar-refractivity contribution in [3.05, 3.63) is 11.9 Å². The highest BCUT2D eigenvalue weighted by Crippen LogP contribution is 2.15. The molecule has 0 aliphatic rings. The number of imidazole rings is 1. The van der Waals surface area contributed by atoms with Gasteiger partial charge in [-0.25, -0.2) is 4.98 Å². The molecule has 0 saturated carbocycles. The summed E-state index contributed by atoms with van der Waals surface area (Å²) in [6.45, 7) is 5.29. The highest BCUT2D eigenvalue weighted by atomic mass is 16.6. The average molecular weight is 270 g/mol. The Kier molecular flexibility index (Phi) is 5.35. The second-order valence-electron chi connectivity index (χ2n) is 3.87. The Labute approximate surface area is 111 Å². The van der Waals surface area contributed by atoms with Crippen LogP contribution in [0.1, 0.15) is 19.5 Å². The van der Waals surface area contributed by atoms with Gasteiger partial charge < -0.3 is 14.6 Å². The predicted octanol–water partition coefficient (Wildman–Crippen LogP) is 0.640. The zero-order valence-electron chi connectivity index (χ0n) is 11.3. The Balaban J connectivity index is 2.91. The minimum absolute atomic E-state index is 0.0602. The van der Waals surface area contributed by atoms with Gasteiger partial charge in [0, 0.05) is 5.69 Å². The lowest BCUT2D eigenvalue weighted by atomic mass is 10.1. The van der Waals surface area contributed by atoms with E-state index in [1.807, 2.05) is 0 Å². The molecule has 19 heavy (non-hydrogen) atoms. The quantitative estimate of drug-likeness (QED) is 0.602. The average Bonchev–Trinajstić information content (AvgIpc) is 2.67. The smallest absolute Gasteiger partial charge is 0.322 e. The lowest BCUT2D eigenvalue weighted by Gasteiger charge is -2.16. The first-order chi connectivity index (χ1) is 9.01. The third-order valence-corrected chi connectivity index (χ3v) is 2.54. The molecule has 1 N–H and O–H groups in total. The number of hydrogen-bond donors (Lipinski definition) is 1. The molecular weight excluding hydrogens is 252 g/mol. The lowest BCUT2D eigenvalue weighted by molar-refractivity contribution is -0.162. The number of aromatic nitrogens is 2. The van der Waals surface area contributed by atoms with Gasteiger partial charge in [-0.2, -0.15) is 0 Å². The maximum absolute atomic E-state index is 11.8. The zero-order chi connectivity index (χ0) is 14.4. The molecule has 1 aromatic rings. The zero-order valence-corrected chi connectivity index (χ0v) is 11.3. The highest BCUT2D eigenvalue weighted by Gasteiger charge is 2.31. The molecule has 0 aliphatic heterocycles. The van der Waals surface area contributed by atoms with Crippen molar-refractivity contribution < 1.29 is 24.2 Å². The van der Waals surface area contributed by atoms with Crippen LogP contribution in [0.3, 0.4) is 0 Å². The summed E-state index contributed by atoms with van der Waals surface area (Å²) in [6.07, 6.45) is 1.45. The minimum Gasteiger partial charge on any atom is -0.480 e. The van der Waals surface area contributed by atoms with Crippen molar-refractivity contribution in [1.29, 1.82) is 0 Å². The third kappa shape index (κ3) is 3.70. The Bertz CT molecular complexity index is 417. The van der Waals surface area contributed by atoms with E-state index < -0.39 is 17.9 Å². The Morgan fingerprint density at radius 3 is 2.21 bits per heavy atom. The molecule has 0 radical (unpaired) electrons. The van der Waals surface area contributed by atoms with Gasteiger partial charge in [0.05, 0.1) is 26.0 Å². The largest absolute Gasteiger partial charge is 0.480 e. The number of nitrogens with zero attached hydrogens (tertiary/aromatic N) is 2. The van der Waals surface area contributed by atoms with Crippen molar-refractivity contribution in [2.45, 2.75) is 27.3 Å². The molecular formula is C12H18N2O5. The van der Waals surface area contributed by atoms with Crippen molar-refractivity contribution in [2.75, 3.05) is 13.2 Å². The molecule has 0 aliphatic carbocycles. The van der Waals surface area contributed by atoms with Crippen molar-refractivity contribution in [1.82, 2.24) is 9.55 Å². The van der Waals surface area contributed by atoms with Crippen molar-refractivity contribution in [3.63, 3.8) is 0 Å². The van der Waals surface area contributed by atoms with Crippen molar-refractivity contribution in [3.8, 4) is 6.01 Å². The fraction of sp³-hybridized carbons (Fsp3) is 0.583. The molecule has 0 saturated heterocycles. The number of carbonyl (C=O) groups is 2. The summed E-state index contributed by atoms with van der Waals surface area (Å²) in [6, 6.07) is -0.254. The Morgan fingerprint density at radius 2 is 1.84 bits per heavy atom. The molecule has 0 amide bonds. The third-order valence-electron chi connectivity index (χ3n) is 2.54. The molecule has 0 unspecified atom stereocenters. The standard InChI is InChI=1S/C12H18N2O5/c1-4-18-10(15)9(11(16)19-5-2)7-14-8(3)6-13-12(14)17/h6,9H,4-5,7H2,1-3H3,(H,13,17). The molecule has 1 rings (SSSR count). The maximum Gasteiger partial charge on any atom is 0.322 e. The monoisotopic (exact) mass is 270 g/mol. The normalized spacial score (nSPS) is 10.5. The lowest BCUT2D eigenvalue weighted by Crippen LogP contribution is -2.32. The van der Waals surface area contributed by atoms with Gasteiger partial charge in [0.15, 0.2) is 5.92 Å². The topological polar surface area (TPSA) is 90.7 Å². The van der Waals surface area contributed by atoms with Gasteiger partial charge in [0.2, 0.25) is 0 Å². The molecule has 0 fully saturated rings. The van der Waals surface area contributed by atoms with Crippen LogP contribution in [0.2, 0.25) is 0 Å².